The second-order valence-corrected chi connectivity index (χ2v) is 8.94. The van der Waals surface area contributed by atoms with Crippen molar-refractivity contribution in [2.24, 2.45) is 0 Å². The summed E-state index contributed by atoms with van der Waals surface area (Å²) in [6.45, 7) is 5.77. The fraction of sp³-hybridized carbons (Fsp3) is 0.308. The second kappa shape index (κ2) is 9.34. The van der Waals surface area contributed by atoms with Crippen LogP contribution in [-0.4, -0.2) is 37.2 Å². The first-order chi connectivity index (χ1) is 17.2. The first-order valence-corrected chi connectivity index (χ1v) is 11.7. The van der Waals surface area contributed by atoms with Crippen molar-refractivity contribution in [2.75, 3.05) is 47.2 Å². The van der Waals surface area contributed by atoms with Crippen LogP contribution < -0.4 is 20.9 Å². The quantitative estimate of drug-likeness (QED) is 0.452. The molecule has 1 saturated heterocycles. The lowest BCUT2D eigenvalue weighted by Gasteiger charge is -2.30. The van der Waals surface area contributed by atoms with Crippen molar-refractivity contribution in [1.82, 2.24) is 4.98 Å². The van der Waals surface area contributed by atoms with E-state index < -0.39 is 23.8 Å². The molecule has 2 aliphatic rings. The molecule has 10 heteroatoms. The lowest BCUT2D eigenvalue weighted by atomic mass is 10.0. The minimum absolute atomic E-state index is 0.0537. The Balaban J connectivity index is 1.43. The van der Waals surface area contributed by atoms with Gasteiger partial charge in [-0.05, 0) is 55.8 Å². The zero-order valence-electron chi connectivity index (χ0n) is 19.9. The third kappa shape index (κ3) is 4.81. The fourth-order valence-corrected chi connectivity index (χ4v) is 4.66. The third-order valence-corrected chi connectivity index (χ3v) is 6.27. The molecule has 1 fully saturated rings. The summed E-state index contributed by atoms with van der Waals surface area (Å²) in [7, 11) is 0. The Morgan fingerprint density at radius 1 is 1.08 bits per heavy atom. The Kier molecular flexibility index (Phi) is 6.21. The number of morpholine rings is 1. The molecular formula is C26H26F3N5O2. The van der Waals surface area contributed by atoms with E-state index in [1.165, 1.54) is 12.1 Å². The number of alkyl halides is 3. The number of amides is 1. The molecular weight excluding hydrogens is 471 g/mol. The van der Waals surface area contributed by atoms with Gasteiger partial charge in [-0.2, -0.15) is 13.2 Å². The molecule has 5 rings (SSSR count). The van der Waals surface area contributed by atoms with E-state index in [2.05, 4.69) is 20.9 Å². The van der Waals surface area contributed by atoms with Gasteiger partial charge < -0.3 is 25.6 Å². The number of carbonyl (C=O) groups is 1. The topological polar surface area (TPSA) is 78.5 Å². The standard InChI is InChI=1S/C26H26F3N5O2/c1-15-12-16(2)30-22(13-15)32-25(35)19-4-3-5-21-23(19)33-24(31-21)18-7-6-17(14-20(18)26(27,28)29)34-8-10-36-11-9-34/h3-7,12-14,24,31,33H,8-11H2,1-2H3,(H,30,32,35). The van der Waals surface area contributed by atoms with Gasteiger partial charge in [-0.15, -0.1) is 0 Å². The lowest BCUT2D eigenvalue weighted by molar-refractivity contribution is -0.138. The number of nitrogens with zero attached hydrogens (tertiary/aromatic N) is 2. The largest absolute Gasteiger partial charge is 0.416 e. The summed E-state index contributed by atoms with van der Waals surface area (Å²) in [6, 6.07) is 13.1. The number of hydrogen-bond acceptors (Lipinski definition) is 6. The van der Waals surface area contributed by atoms with Crippen LogP contribution in [0, 0.1) is 13.8 Å². The molecule has 0 saturated carbocycles. The molecule has 2 aromatic carbocycles. The van der Waals surface area contributed by atoms with Crippen molar-refractivity contribution in [2.45, 2.75) is 26.2 Å². The maximum atomic E-state index is 14.1. The number of pyridine rings is 1. The van der Waals surface area contributed by atoms with Gasteiger partial charge in [-0.3, -0.25) is 4.79 Å². The van der Waals surface area contributed by atoms with E-state index >= 15 is 0 Å². The number of para-hydroxylation sites is 1. The molecule has 3 heterocycles. The highest BCUT2D eigenvalue weighted by Gasteiger charge is 2.38. The van der Waals surface area contributed by atoms with Crippen LogP contribution in [0.5, 0.6) is 0 Å². The van der Waals surface area contributed by atoms with Crippen molar-refractivity contribution in [1.29, 1.82) is 0 Å². The summed E-state index contributed by atoms with van der Waals surface area (Å²) in [5.41, 5.74) is 2.85. The molecule has 36 heavy (non-hydrogen) atoms. The van der Waals surface area contributed by atoms with E-state index in [1.54, 1.807) is 30.3 Å². The van der Waals surface area contributed by atoms with Gasteiger partial charge in [0, 0.05) is 30.0 Å². The lowest BCUT2D eigenvalue weighted by Crippen LogP contribution is -2.36. The Morgan fingerprint density at radius 3 is 2.58 bits per heavy atom. The molecule has 3 N–H and O–H groups in total. The predicted octanol–water partition coefficient (Wildman–Crippen LogP) is 5.34. The minimum Gasteiger partial charge on any atom is -0.378 e. The van der Waals surface area contributed by atoms with Crippen molar-refractivity contribution >= 4 is 28.8 Å². The molecule has 188 valence electrons. The molecule has 1 aromatic heterocycles. The fourth-order valence-electron chi connectivity index (χ4n) is 4.66. The SMILES string of the molecule is Cc1cc(C)nc(NC(=O)c2cccc3c2NC(c2ccc(N4CCOCC4)cc2C(F)(F)F)N3)c1. The van der Waals surface area contributed by atoms with Crippen molar-refractivity contribution in [3.63, 3.8) is 0 Å². The summed E-state index contributed by atoms with van der Waals surface area (Å²) in [5.74, 6) is 0.00804. The van der Waals surface area contributed by atoms with Gasteiger partial charge in [0.15, 0.2) is 0 Å². The number of anilines is 4. The van der Waals surface area contributed by atoms with E-state index in [4.69, 9.17) is 4.74 Å². The van der Waals surface area contributed by atoms with Crippen LogP contribution in [0.4, 0.5) is 36.1 Å². The maximum Gasteiger partial charge on any atom is 0.416 e. The average Bonchev–Trinajstić information content (AvgIpc) is 3.27. The molecule has 3 aromatic rings. The Morgan fingerprint density at radius 2 is 1.86 bits per heavy atom. The number of aryl methyl sites for hydroxylation is 2. The Bertz CT molecular complexity index is 1280. The summed E-state index contributed by atoms with van der Waals surface area (Å²) in [5, 5.41) is 8.98. The van der Waals surface area contributed by atoms with E-state index in [-0.39, 0.29) is 5.56 Å². The number of carbonyl (C=O) groups excluding carboxylic acids is 1. The summed E-state index contributed by atoms with van der Waals surface area (Å²) in [6.07, 6.45) is -5.41. The van der Waals surface area contributed by atoms with Gasteiger partial charge in [0.1, 0.15) is 12.0 Å². The van der Waals surface area contributed by atoms with Crippen LogP contribution in [0.1, 0.15) is 38.9 Å². The van der Waals surface area contributed by atoms with Gasteiger partial charge >= 0.3 is 6.18 Å². The highest BCUT2D eigenvalue weighted by Crippen LogP contribution is 2.43. The highest BCUT2D eigenvalue weighted by atomic mass is 19.4. The highest BCUT2D eigenvalue weighted by molar-refractivity contribution is 6.10. The minimum atomic E-state index is -4.55. The molecule has 0 spiro atoms. The first kappa shape index (κ1) is 23.9. The molecule has 1 unspecified atom stereocenters. The Hall–Kier alpha value is -3.79. The molecule has 0 aliphatic carbocycles. The van der Waals surface area contributed by atoms with Gasteiger partial charge in [0.2, 0.25) is 0 Å². The van der Waals surface area contributed by atoms with E-state index in [0.717, 1.165) is 11.3 Å². The van der Waals surface area contributed by atoms with Gasteiger partial charge in [-0.25, -0.2) is 4.98 Å². The normalized spacial score (nSPS) is 17.2. The third-order valence-electron chi connectivity index (χ3n) is 6.27. The molecule has 7 nitrogen and oxygen atoms in total. The van der Waals surface area contributed by atoms with E-state index in [9.17, 15) is 18.0 Å². The van der Waals surface area contributed by atoms with Gasteiger partial charge in [0.25, 0.3) is 5.91 Å². The van der Waals surface area contributed by atoms with Crippen molar-refractivity contribution in [3.8, 4) is 0 Å². The smallest absolute Gasteiger partial charge is 0.378 e. The molecule has 2 aliphatic heterocycles. The average molecular weight is 498 g/mol. The van der Waals surface area contributed by atoms with Crippen LogP contribution in [-0.2, 0) is 10.9 Å². The zero-order valence-corrected chi connectivity index (χ0v) is 19.9. The van der Waals surface area contributed by atoms with Crippen LogP contribution in [0.15, 0.2) is 48.5 Å². The molecule has 1 atom stereocenters. The number of fused-ring (bicyclic) bond motifs is 1. The Labute approximate surface area is 206 Å². The number of halogens is 3. The monoisotopic (exact) mass is 497 g/mol. The van der Waals surface area contributed by atoms with Crippen LogP contribution in [0.25, 0.3) is 0 Å². The van der Waals surface area contributed by atoms with E-state index in [0.29, 0.717) is 54.7 Å². The van der Waals surface area contributed by atoms with Crippen molar-refractivity contribution in [3.05, 3.63) is 76.5 Å². The second-order valence-electron chi connectivity index (χ2n) is 8.94. The number of aromatic nitrogens is 1. The van der Waals surface area contributed by atoms with Crippen molar-refractivity contribution < 1.29 is 22.7 Å². The number of benzene rings is 2. The maximum absolute atomic E-state index is 14.1. The predicted molar refractivity (Wildman–Crippen MR) is 133 cm³/mol. The molecule has 0 bridgehead atoms. The van der Waals surface area contributed by atoms with Crippen LogP contribution in [0.2, 0.25) is 0 Å². The van der Waals surface area contributed by atoms with Gasteiger partial charge in [0.05, 0.1) is 35.7 Å². The van der Waals surface area contributed by atoms with Gasteiger partial charge in [-0.1, -0.05) is 12.1 Å². The summed E-state index contributed by atoms with van der Waals surface area (Å²) >= 11 is 0. The summed E-state index contributed by atoms with van der Waals surface area (Å²) in [4.78, 5) is 19.3. The first-order valence-electron chi connectivity index (χ1n) is 11.7. The number of ether oxygens (including phenoxy) is 1. The number of rotatable bonds is 4. The number of hydrogen-bond donors (Lipinski definition) is 3. The van der Waals surface area contributed by atoms with Crippen LogP contribution in [0.3, 0.4) is 0 Å². The van der Waals surface area contributed by atoms with E-state index in [1.807, 2.05) is 24.8 Å². The summed E-state index contributed by atoms with van der Waals surface area (Å²) < 4.78 is 47.7. The van der Waals surface area contributed by atoms with Crippen LogP contribution >= 0.6 is 0 Å². The number of nitrogens with one attached hydrogen (secondary N) is 3. The molecule has 1 amide bonds. The zero-order chi connectivity index (χ0) is 25.4. The molecule has 0 radical (unpaired) electrons.